The maximum atomic E-state index is 15.0. The summed E-state index contributed by atoms with van der Waals surface area (Å²) in [6.45, 7) is 9.01. The van der Waals surface area contributed by atoms with Crippen molar-refractivity contribution in [3.63, 3.8) is 0 Å². The zero-order valence-electron chi connectivity index (χ0n) is 24.8. The minimum atomic E-state index is -0.820. The van der Waals surface area contributed by atoms with E-state index in [0.717, 1.165) is 47.9 Å². The highest BCUT2D eigenvalue weighted by Crippen LogP contribution is 2.55. The predicted octanol–water partition coefficient (Wildman–Crippen LogP) is 11.5. The maximum absolute atomic E-state index is 15.0. The van der Waals surface area contributed by atoms with Gasteiger partial charge in [0.1, 0.15) is 0 Å². The smallest absolute Gasteiger partial charge is 0.159 e. The molecular weight excluding hydrogens is 518 g/mol. The summed E-state index contributed by atoms with van der Waals surface area (Å²) >= 11 is 0. The van der Waals surface area contributed by atoms with Gasteiger partial charge in [-0.05, 0) is 117 Å². The van der Waals surface area contributed by atoms with Gasteiger partial charge in [-0.1, -0.05) is 100 Å². The highest BCUT2D eigenvalue weighted by molar-refractivity contribution is 5.90. The first kappa shape index (κ1) is 26.8. The van der Waals surface area contributed by atoms with Crippen molar-refractivity contribution in [1.82, 2.24) is 0 Å². The third-order valence-electron chi connectivity index (χ3n) is 10.6. The van der Waals surface area contributed by atoms with Gasteiger partial charge in [-0.2, -0.15) is 0 Å². The van der Waals surface area contributed by atoms with Gasteiger partial charge in [-0.25, -0.2) is 8.78 Å². The molecule has 2 aliphatic rings. The third kappa shape index (κ3) is 3.51. The summed E-state index contributed by atoms with van der Waals surface area (Å²) in [6, 6.07) is 33.2. The van der Waals surface area contributed by atoms with Crippen LogP contribution in [0.4, 0.5) is 8.78 Å². The fourth-order valence-corrected chi connectivity index (χ4v) is 8.29. The van der Waals surface area contributed by atoms with Crippen LogP contribution in [-0.2, 0) is 10.8 Å². The molecule has 0 fully saturated rings. The average Bonchev–Trinajstić information content (AvgIpc) is 3.48. The van der Waals surface area contributed by atoms with Crippen LogP contribution < -0.4 is 0 Å². The topological polar surface area (TPSA) is 0 Å². The molecule has 0 atom stereocenters. The summed E-state index contributed by atoms with van der Waals surface area (Å²) in [5.74, 6) is -1.64. The van der Waals surface area contributed by atoms with Crippen molar-refractivity contribution in [2.75, 3.05) is 0 Å². The van der Waals surface area contributed by atoms with Crippen LogP contribution in [0.15, 0.2) is 97.1 Å². The second-order valence-electron chi connectivity index (χ2n) is 12.0. The molecule has 2 heteroatoms. The Morgan fingerprint density at radius 3 is 1.14 bits per heavy atom. The van der Waals surface area contributed by atoms with Gasteiger partial charge in [0.15, 0.2) is 11.6 Å². The second-order valence-corrected chi connectivity index (χ2v) is 12.0. The largest absolute Gasteiger partial charge is 0.204 e. The number of hydrogen-bond acceptors (Lipinski definition) is 0. The molecule has 0 spiro atoms. The normalized spacial score (nSPS) is 15.2. The van der Waals surface area contributed by atoms with E-state index in [4.69, 9.17) is 0 Å². The van der Waals surface area contributed by atoms with Gasteiger partial charge >= 0.3 is 0 Å². The number of rotatable bonds is 6. The monoisotopic (exact) mass is 554 g/mol. The van der Waals surface area contributed by atoms with Gasteiger partial charge in [0.25, 0.3) is 0 Å². The molecule has 0 saturated heterocycles. The van der Waals surface area contributed by atoms with Crippen LogP contribution in [0, 0.1) is 11.6 Å². The number of benzene rings is 5. The van der Waals surface area contributed by atoms with Crippen molar-refractivity contribution in [2.24, 2.45) is 0 Å². The minimum absolute atomic E-state index is 0.0954. The highest BCUT2D eigenvalue weighted by Gasteiger charge is 2.42. The number of hydrogen-bond donors (Lipinski definition) is 0. The summed E-state index contributed by atoms with van der Waals surface area (Å²) in [5, 5.41) is 0. The second kappa shape index (κ2) is 9.76. The van der Waals surface area contributed by atoms with Gasteiger partial charge in [-0.3, -0.25) is 0 Å². The van der Waals surface area contributed by atoms with Gasteiger partial charge in [0.2, 0.25) is 0 Å². The highest BCUT2D eigenvalue weighted by atomic mass is 19.2. The summed E-state index contributed by atoms with van der Waals surface area (Å²) in [4.78, 5) is 0. The van der Waals surface area contributed by atoms with Crippen molar-refractivity contribution in [1.29, 1.82) is 0 Å². The summed E-state index contributed by atoms with van der Waals surface area (Å²) in [6.07, 6.45) is 3.90. The quantitative estimate of drug-likeness (QED) is 0.196. The summed E-state index contributed by atoms with van der Waals surface area (Å²) < 4.78 is 30.0. The van der Waals surface area contributed by atoms with Crippen LogP contribution in [0.25, 0.3) is 44.5 Å². The number of halogens is 2. The Morgan fingerprint density at radius 2 is 0.762 bits per heavy atom. The maximum Gasteiger partial charge on any atom is 0.159 e. The molecule has 210 valence electrons. The van der Waals surface area contributed by atoms with Gasteiger partial charge in [0, 0.05) is 10.8 Å². The Kier molecular flexibility index (Phi) is 6.24. The van der Waals surface area contributed by atoms with Crippen molar-refractivity contribution < 1.29 is 8.78 Å². The molecule has 0 radical (unpaired) electrons. The van der Waals surface area contributed by atoms with Gasteiger partial charge < -0.3 is 0 Å². The molecule has 0 amide bonds. The van der Waals surface area contributed by atoms with E-state index in [2.05, 4.69) is 113 Å². The fourth-order valence-electron chi connectivity index (χ4n) is 8.29. The zero-order valence-corrected chi connectivity index (χ0v) is 24.8. The van der Waals surface area contributed by atoms with Crippen molar-refractivity contribution >= 4 is 0 Å². The van der Waals surface area contributed by atoms with E-state index in [1.54, 1.807) is 0 Å². The first-order valence-electron chi connectivity index (χ1n) is 15.4. The van der Waals surface area contributed by atoms with Crippen LogP contribution in [0.3, 0.4) is 0 Å². The predicted molar refractivity (Wildman–Crippen MR) is 171 cm³/mol. The van der Waals surface area contributed by atoms with E-state index >= 15 is 0 Å². The first-order valence-corrected chi connectivity index (χ1v) is 15.4. The molecule has 7 rings (SSSR count). The van der Waals surface area contributed by atoms with E-state index in [1.165, 1.54) is 56.6 Å². The van der Waals surface area contributed by atoms with Crippen LogP contribution in [-0.4, -0.2) is 0 Å². The lowest BCUT2D eigenvalue weighted by Gasteiger charge is -2.30. The minimum Gasteiger partial charge on any atom is -0.204 e. The standard InChI is InChI=1S/C40H36F2/c1-5-39(6-2)33-15-11-9-13-27(33)29-19-17-25(21-35(29)39)31-23-37(41)38(42)24-32(31)26-18-20-30-28-14-10-12-16-34(28)40(7-3,8-4)36(30)22-26/h9-24H,5-8H2,1-4H3. The van der Waals surface area contributed by atoms with Crippen molar-refractivity contribution in [2.45, 2.75) is 64.2 Å². The lowest BCUT2D eigenvalue weighted by atomic mass is 9.73. The molecule has 0 N–H and O–H groups in total. The molecule has 5 aromatic carbocycles. The van der Waals surface area contributed by atoms with Gasteiger partial charge in [-0.15, -0.1) is 0 Å². The first-order chi connectivity index (χ1) is 20.4. The van der Waals surface area contributed by atoms with Crippen molar-refractivity contribution in [3.05, 3.63) is 131 Å². The molecule has 0 aromatic heterocycles. The Labute approximate surface area is 248 Å². The number of fused-ring (bicyclic) bond motifs is 6. The summed E-state index contributed by atoms with van der Waals surface area (Å²) in [7, 11) is 0. The Balaban J connectivity index is 1.43. The van der Waals surface area contributed by atoms with Crippen molar-refractivity contribution in [3.8, 4) is 44.5 Å². The Morgan fingerprint density at radius 1 is 0.405 bits per heavy atom. The van der Waals surface area contributed by atoms with Crippen LogP contribution in [0.2, 0.25) is 0 Å². The molecule has 0 aliphatic heterocycles. The SMILES string of the molecule is CCC1(CC)c2ccccc2-c2ccc(-c3cc(F)c(F)cc3-c3ccc4c(c3)C(CC)(CC)c3ccccc3-4)cc21. The van der Waals surface area contributed by atoms with E-state index in [-0.39, 0.29) is 10.8 Å². The molecule has 42 heavy (non-hydrogen) atoms. The average molecular weight is 555 g/mol. The molecule has 0 heterocycles. The van der Waals surface area contributed by atoms with Crippen LogP contribution in [0.1, 0.15) is 75.6 Å². The molecule has 2 aliphatic carbocycles. The molecule has 0 bridgehead atoms. The zero-order chi connectivity index (χ0) is 29.2. The van der Waals surface area contributed by atoms with Crippen LogP contribution in [0.5, 0.6) is 0 Å². The fraction of sp³-hybridized carbons (Fsp3) is 0.250. The summed E-state index contributed by atoms with van der Waals surface area (Å²) in [5.41, 5.74) is 13.4. The van der Waals surface area contributed by atoms with E-state index in [1.807, 2.05) is 0 Å². The van der Waals surface area contributed by atoms with Crippen LogP contribution >= 0.6 is 0 Å². The Bertz CT molecular complexity index is 1720. The molecule has 0 unspecified atom stereocenters. The lowest BCUT2D eigenvalue weighted by molar-refractivity contribution is 0.490. The van der Waals surface area contributed by atoms with E-state index < -0.39 is 11.6 Å². The van der Waals surface area contributed by atoms with Gasteiger partial charge in [0.05, 0.1) is 0 Å². The molecule has 0 nitrogen and oxygen atoms in total. The molecule has 5 aromatic rings. The third-order valence-corrected chi connectivity index (χ3v) is 10.6. The van der Waals surface area contributed by atoms with E-state index in [0.29, 0.717) is 0 Å². The molecule has 0 saturated carbocycles. The lowest BCUT2D eigenvalue weighted by Crippen LogP contribution is -2.23. The Hall–Kier alpha value is -4.04. The van der Waals surface area contributed by atoms with E-state index in [9.17, 15) is 8.78 Å². The molecular formula is C40H36F2.